The van der Waals surface area contributed by atoms with E-state index in [0.29, 0.717) is 0 Å². The van der Waals surface area contributed by atoms with E-state index >= 15 is 0 Å². The summed E-state index contributed by atoms with van der Waals surface area (Å²) in [7, 11) is -3.84. The minimum absolute atomic E-state index is 0.00783. The summed E-state index contributed by atoms with van der Waals surface area (Å²) < 4.78 is 26.5. The molecule has 0 saturated heterocycles. The number of hydrogen-bond acceptors (Lipinski definition) is 6. The first-order valence-corrected chi connectivity index (χ1v) is 8.37. The average Bonchev–Trinajstić information content (AvgIpc) is 2.35. The molecule has 0 saturated carbocycles. The molecule has 9 nitrogen and oxygen atoms in total. The maximum atomic E-state index is 12.1. The molecular weight excluding hydrogens is 324 g/mol. The molecule has 0 aromatic heterocycles. The number of nitro groups is 1. The van der Waals surface area contributed by atoms with Crippen molar-refractivity contribution in [3.8, 4) is 0 Å². The molecule has 0 fully saturated rings. The molecule has 128 valence electrons. The van der Waals surface area contributed by atoms with Crippen LogP contribution in [-0.2, 0) is 14.8 Å². The molecule has 0 spiro atoms. The lowest BCUT2D eigenvalue weighted by atomic mass is 10.2. The molecule has 23 heavy (non-hydrogen) atoms. The Labute approximate surface area is 134 Å². The minimum atomic E-state index is -3.84. The Morgan fingerprint density at radius 3 is 2.43 bits per heavy atom. The van der Waals surface area contributed by atoms with E-state index in [1.165, 1.54) is 12.1 Å². The van der Waals surface area contributed by atoms with E-state index < -0.39 is 32.6 Å². The first-order chi connectivity index (χ1) is 10.5. The van der Waals surface area contributed by atoms with Crippen LogP contribution in [0.1, 0.15) is 27.2 Å². The lowest BCUT2D eigenvalue weighted by Crippen LogP contribution is -2.30. The summed E-state index contributed by atoms with van der Waals surface area (Å²) in [5.74, 6) is -0.548. The molecule has 0 aliphatic heterocycles. The van der Waals surface area contributed by atoms with Gasteiger partial charge in [-0.15, -0.1) is 0 Å². The number of hydrogen-bond donors (Lipinski definition) is 3. The van der Waals surface area contributed by atoms with E-state index in [2.05, 4.69) is 10.0 Å². The van der Waals surface area contributed by atoms with Gasteiger partial charge in [-0.05, 0) is 32.9 Å². The highest BCUT2D eigenvalue weighted by atomic mass is 32.2. The van der Waals surface area contributed by atoms with Crippen molar-refractivity contribution in [2.24, 2.45) is 5.73 Å². The van der Waals surface area contributed by atoms with E-state index in [9.17, 15) is 23.3 Å². The maximum absolute atomic E-state index is 12.1. The summed E-state index contributed by atoms with van der Waals surface area (Å²) in [6.07, 6.45) is -0.00783. The number of carbonyl (C=O) groups is 1. The summed E-state index contributed by atoms with van der Waals surface area (Å²) >= 11 is 0. The molecule has 1 rings (SSSR count). The Balaban J connectivity index is 3.17. The fourth-order valence-corrected chi connectivity index (χ4v) is 3.22. The van der Waals surface area contributed by atoms with E-state index in [-0.39, 0.29) is 23.0 Å². The standard InChI is InChI=1S/C13H20N4O5S/c1-8(2)16-23(21,22)10-4-5-11(12(7-10)17(19)20)15-9(3)6-13(14)18/h4-5,7-9,15-16H,6H2,1-3H3,(H2,14,18)/t9-/m0/s1. The number of primary amides is 1. The third-order valence-electron chi connectivity index (χ3n) is 2.78. The maximum Gasteiger partial charge on any atom is 0.293 e. The number of sulfonamides is 1. The van der Waals surface area contributed by atoms with Crippen molar-refractivity contribution in [3.63, 3.8) is 0 Å². The zero-order valence-corrected chi connectivity index (χ0v) is 13.9. The fraction of sp³-hybridized carbons (Fsp3) is 0.462. The second-order valence-electron chi connectivity index (χ2n) is 5.43. The second kappa shape index (κ2) is 7.38. The molecule has 1 amide bonds. The Morgan fingerprint density at radius 1 is 1.35 bits per heavy atom. The first-order valence-electron chi connectivity index (χ1n) is 6.88. The lowest BCUT2D eigenvalue weighted by Gasteiger charge is -2.15. The molecule has 4 N–H and O–H groups in total. The molecule has 10 heteroatoms. The number of nitrogens with two attached hydrogens (primary N) is 1. The van der Waals surface area contributed by atoms with Gasteiger partial charge < -0.3 is 11.1 Å². The quantitative estimate of drug-likeness (QED) is 0.473. The van der Waals surface area contributed by atoms with Crippen molar-refractivity contribution < 1.29 is 18.1 Å². The van der Waals surface area contributed by atoms with Crippen LogP contribution >= 0.6 is 0 Å². The van der Waals surface area contributed by atoms with Gasteiger partial charge in [-0.3, -0.25) is 14.9 Å². The van der Waals surface area contributed by atoms with Crippen molar-refractivity contribution in [1.82, 2.24) is 4.72 Å². The SMILES string of the molecule is CC(C)NS(=O)(=O)c1ccc(N[C@@H](C)CC(N)=O)c([N+](=O)[O-])c1. The number of nitrogens with zero attached hydrogens (tertiary/aromatic N) is 1. The zero-order chi connectivity index (χ0) is 17.8. The number of benzene rings is 1. The van der Waals surface area contributed by atoms with Crippen LogP contribution in [0, 0.1) is 10.1 Å². The predicted octanol–water partition coefficient (Wildman–Crippen LogP) is 0.957. The smallest absolute Gasteiger partial charge is 0.293 e. The van der Waals surface area contributed by atoms with Crippen LogP contribution in [0.4, 0.5) is 11.4 Å². The molecule has 0 aliphatic rings. The molecular formula is C13H20N4O5S. The molecule has 1 aromatic carbocycles. The molecule has 0 heterocycles. The number of carbonyl (C=O) groups excluding carboxylic acids is 1. The highest BCUT2D eigenvalue weighted by molar-refractivity contribution is 7.89. The number of rotatable bonds is 8. The monoisotopic (exact) mass is 344 g/mol. The molecule has 0 radical (unpaired) electrons. The molecule has 0 unspecified atom stereocenters. The van der Waals surface area contributed by atoms with Crippen molar-refractivity contribution in [2.75, 3.05) is 5.32 Å². The highest BCUT2D eigenvalue weighted by Crippen LogP contribution is 2.28. The van der Waals surface area contributed by atoms with E-state index in [1.54, 1.807) is 20.8 Å². The molecule has 0 aliphatic carbocycles. The number of nitro benzene ring substituents is 1. The number of anilines is 1. The van der Waals surface area contributed by atoms with Crippen molar-refractivity contribution in [3.05, 3.63) is 28.3 Å². The van der Waals surface area contributed by atoms with Gasteiger partial charge in [0.05, 0.1) is 9.82 Å². The number of amides is 1. The van der Waals surface area contributed by atoms with E-state index in [4.69, 9.17) is 5.73 Å². The van der Waals surface area contributed by atoms with Gasteiger partial charge in [0.25, 0.3) is 5.69 Å². The Bertz CT molecular complexity index is 702. The Kier molecular flexibility index (Phi) is 6.05. The zero-order valence-electron chi connectivity index (χ0n) is 13.1. The van der Waals surface area contributed by atoms with Crippen molar-refractivity contribution in [1.29, 1.82) is 0 Å². The predicted molar refractivity (Wildman–Crippen MR) is 85.5 cm³/mol. The highest BCUT2D eigenvalue weighted by Gasteiger charge is 2.23. The average molecular weight is 344 g/mol. The lowest BCUT2D eigenvalue weighted by molar-refractivity contribution is -0.384. The molecule has 1 aromatic rings. The van der Waals surface area contributed by atoms with E-state index in [0.717, 1.165) is 6.07 Å². The van der Waals surface area contributed by atoms with Crippen LogP contribution in [0.15, 0.2) is 23.1 Å². The summed E-state index contributed by atoms with van der Waals surface area (Å²) in [4.78, 5) is 21.2. The fourth-order valence-electron chi connectivity index (χ4n) is 1.95. The third kappa shape index (κ3) is 5.49. The Morgan fingerprint density at radius 2 is 1.96 bits per heavy atom. The molecule has 0 bridgehead atoms. The summed E-state index contributed by atoms with van der Waals surface area (Å²) in [5.41, 5.74) is 4.79. The first kappa shape index (κ1) is 18.8. The van der Waals surface area contributed by atoms with Crippen LogP contribution in [0.2, 0.25) is 0 Å². The van der Waals surface area contributed by atoms with E-state index in [1.807, 2.05) is 0 Å². The molecule has 1 atom stereocenters. The van der Waals surface area contributed by atoms with Crippen LogP contribution < -0.4 is 15.8 Å². The van der Waals surface area contributed by atoms with Gasteiger partial charge >= 0.3 is 0 Å². The number of nitrogens with one attached hydrogen (secondary N) is 2. The van der Waals surface area contributed by atoms with Gasteiger partial charge in [-0.25, -0.2) is 13.1 Å². The van der Waals surface area contributed by atoms with Gasteiger partial charge in [0.2, 0.25) is 15.9 Å². The van der Waals surface area contributed by atoms with Crippen molar-refractivity contribution in [2.45, 2.75) is 44.2 Å². The van der Waals surface area contributed by atoms with Gasteiger partial charge in [0, 0.05) is 24.6 Å². The second-order valence-corrected chi connectivity index (χ2v) is 7.14. The summed E-state index contributed by atoms with van der Waals surface area (Å²) in [6.45, 7) is 4.93. The third-order valence-corrected chi connectivity index (χ3v) is 4.43. The summed E-state index contributed by atoms with van der Waals surface area (Å²) in [5, 5.41) is 14.0. The minimum Gasteiger partial charge on any atom is -0.377 e. The van der Waals surface area contributed by atoms with Gasteiger partial charge in [-0.1, -0.05) is 0 Å². The van der Waals surface area contributed by atoms with Crippen LogP contribution in [0.3, 0.4) is 0 Å². The normalized spacial score (nSPS) is 12.9. The van der Waals surface area contributed by atoms with Gasteiger partial charge in [0.15, 0.2) is 0 Å². The Hall–Kier alpha value is -2.20. The van der Waals surface area contributed by atoms with Crippen LogP contribution in [0.5, 0.6) is 0 Å². The van der Waals surface area contributed by atoms with Crippen LogP contribution in [0.25, 0.3) is 0 Å². The van der Waals surface area contributed by atoms with Crippen molar-refractivity contribution >= 4 is 27.3 Å². The topological polar surface area (TPSA) is 144 Å². The van der Waals surface area contributed by atoms with Crippen LogP contribution in [-0.4, -0.2) is 31.3 Å². The summed E-state index contributed by atoms with van der Waals surface area (Å²) in [6, 6.07) is 2.76. The van der Waals surface area contributed by atoms with Gasteiger partial charge in [0.1, 0.15) is 5.69 Å². The largest absolute Gasteiger partial charge is 0.377 e. The van der Waals surface area contributed by atoms with Gasteiger partial charge in [-0.2, -0.15) is 0 Å².